The van der Waals surface area contributed by atoms with Crippen molar-refractivity contribution >= 4 is 28.9 Å². The molecule has 0 aliphatic rings. The van der Waals surface area contributed by atoms with E-state index >= 15 is 0 Å². The Morgan fingerprint density at radius 2 is 2.36 bits per heavy atom. The fourth-order valence-electron chi connectivity index (χ4n) is 0.947. The fraction of sp³-hybridized carbons (Fsp3) is 0.286. The lowest BCUT2D eigenvalue weighted by Crippen LogP contribution is -2.25. The lowest BCUT2D eigenvalue weighted by atomic mass is 10.3. The summed E-state index contributed by atoms with van der Waals surface area (Å²) in [6.07, 6.45) is 1.63. The number of primary amides is 1. The molecule has 0 radical (unpaired) electrons. The summed E-state index contributed by atoms with van der Waals surface area (Å²) in [4.78, 5) is 10.9. The van der Waals surface area contributed by atoms with Crippen LogP contribution >= 0.6 is 12.2 Å². The predicted molar refractivity (Wildman–Crippen MR) is 57.0 cm³/mol. The maximum atomic E-state index is 10.9. The van der Waals surface area contributed by atoms with Gasteiger partial charge in [-0.15, -0.1) is 0 Å². The fourth-order valence-corrected chi connectivity index (χ4v) is 1.06. The largest absolute Gasteiger partial charge is 0.366 e. The molecule has 0 saturated carbocycles. The van der Waals surface area contributed by atoms with Gasteiger partial charge < -0.3 is 16.4 Å². The van der Waals surface area contributed by atoms with Crippen LogP contribution in [0.15, 0.2) is 6.20 Å². The molecule has 0 aliphatic carbocycles. The zero-order valence-corrected chi connectivity index (χ0v) is 8.68. The molecule has 0 saturated heterocycles. The van der Waals surface area contributed by atoms with E-state index in [2.05, 4.69) is 15.7 Å². The second-order valence-electron chi connectivity index (χ2n) is 2.63. The molecule has 0 spiro atoms. The smallest absolute Gasteiger partial charge is 0.271 e. The normalized spacial score (nSPS) is 9.57. The lowest BCUT2D eigenvalue weighted by Gasteiger charge is -2.04. The van der Waals surface area contributed by atoms with E-state index in [-0.39, 0.29) is 5.69 Å². The number of aromatic nitrogens is 2. The SMILES string of the molecule is CNC(=S)Nc1cn(C)nc1C(N)=O. The number of rotatable bonds is 2. The summed E-state index contributed by atoms with van der Waals surface area (Å²) in [5.74, 6) is -0.591. The maximum Gasteiger partial charge on any atom is 0.271 e. The summed E-state index contributed by atoms with van der Waals surface area (Å²) in [6, 6.07) is 0. The van der Waals surface area contributed by atoms with E-state index in [1.807, 2.05) is 0 Å². The number of hydrogen-bond acceptors (Lipinski definition) is 3. The Labute approximate surface area is 86.5 Å². The third-order valence-corrected chi connectivity index (χ3v) is 1.84. The van der Waals surface area contributed by atoms with Crippen LogP contribution in [0, 0.1) is 0 Å². The van der Waals surface area contributed by atoms with Gasteiger partial charge in [0.1, 0.15) is 0 Å². The van der Waals surface area contributed by atoms with Gasteiger partial charge >= 0.3 is 0 Å². The van der Waals surface area contributed by atoms with Crippen molar-refractivity contribution in [3.8, 4) is 0 Å². The summed E-state index contributed by atoms with van der Waals surface area (Å²) >= 11 is 4.88. The van der Waals surface area contributed by atoms with Gasteiger partial charge in [0.2, 0.25) is 0 Å². The highest BCUT2D eigenvalue weighted by Crippen LogP contribution is 2.11. The molecule has 4 N–H and O–H groups in total. The predicted octanol–water partition coefficient (Wildman–Crippen LogP) is -0.565. The van der Waals surface area contributed by atoms with Crippen LogP contribution in [0.3, 0.4) is 0 Å². The van der Waals surface area contributed by atoms with E-state index in [1.165, 1.54) is 4.68 Å². The molecule has 1 rings (SSSR count). The number of carbonyl (C=O) groups is 1. The standard InChI is InChI=1S/C7H11N5OS/c1-9-7(14)10-4-3-12(2)11-5(4)6(8)13/h3H,1-2H3,(H2,8,13)(H2,9,10,14). The average Bonchev–Trinajstić information content (AvgIpc) is 2.46. The lowest BCUT2D eigenvalue weighted by molar-refractivity contribution is 0.0995. The number of nitrogens with two attached hydrogens (primary N) is 1. The number of nitrogens with one attached hydrogen (secondary N) is 2. The highest BCUT2D eigenvalue weighted by molar-refractivity contribution is 7.80. The minimum absolute atomic E-state index is 0.171. The van der Waals surface area contributed by atoms with Gasteiger partial charge in [0, 0.05) is 20.3 Å². The van der Waals surface area contributed by atoms with Crippen LogP contribution in [0.25, 0.3) is 0 Å². The highest BCUT2D eigenvalue weighted by atomic mass is 32.1. The average molecular weight is 213 g/mol. The first-order valence-electron chi connectivity index (χ1n) is 3.86. The molecule has 0 fully saturated rings. The maximum absolute atomic E-state index is 10.9. The molecule has 7 heteroatoms. The Bertz CT molecular complexity index is 372. The van der Waals surface area contributed by atoms with E-state index in [0.29, 0.717) is 10.8 Å². The molecule has 14 heavy (non-hydrogen) atoms. The number of amides is 1. The number of hydrogen-bond donors (Lipinski definition) is 3. The summed E-state index contributed by atoms with van der Waals surface area (Å²) in [6.45, 7) is 0. The van der Waals surface area contributed by atoms with Gasteiger partial charge in [-0.25, -0.2) is 0 Å². The third-order valence-electron chi connectivity index (χ3n) is 1.54. The Balaban J connectivity index is 2.95. The molecule has 1 aromatic heterocycles. The summed E-state index contributed by atoms with van der Waals surface area (Å²) in [5, 5.41) is 9.81. The van der Waals surface area contributed by atoms with E-state index in [9.17, 15) is 4.79 Å². The first kappa shape index (κ1) is 10.5. The molecule has 0 bridgehead atoms. The van der Waals surface area contributed by atoms with Crippen LogP contribution < -0.4 is 16.4 Å². The molecule has 0 aromatic carbocycles. The molecular weight excluding hydrogens is 202 g/mol. The van der Waals surface area contributed by atoms with Crippen molar-refractivity contribution in [3.63, 3.8) is 0 Å². The van der Waals surface area contributed by atoms with Gasteiger partial charge in [0.25, 0.3) is 5.91 Å². The molecule has 1 amide bonds. The molecule has 0 aliphatic heterocycles. The van der Waals surface area contributed by atoms with E-state index < -0.39 is 5.91 Å². The van der Waals surface area contributed by atoms with Gasteiger partial charge in [-0.1, -0.05) is 0 Å². The van der Waals surface area contributed by atoms with Crippen LogP contribution in [-0.4, -0.2) is 27.8 Å². The summed E-state index contributed by atoms with van der Waals surface area (Å²) in [5.41, 5.74) is 5.80. The Morgan fingerprint density at radius 3 is 2.86 bits per heavy atom. The van der Waals surface area contributed by atoms with Crippen LogP contribution in [-0.2, 0) is 7.05 Å². The highest BCUT2D eigenvalue weighted by Gasteiger charge is 2.13. The molecule has 1 heterocycles. The first-order valence-corrected chi connectivity index (χ1v) is 4.27. The summed E-state index contributed by atoms with van der Waals surface area (Å²) in [7, 11) is 3.37. The van der Waals surface area contributed by atoms with Gasteiger partial charge in [-0.05, 0) is 12.2 Å². The second-order valence-corrected chi connectivity index (χ2v) is 3.04. The van der Waals surface area contributed by atoms with Crippen molar-refractivity contribution in [3.05, 3.63) is 11.9 Å². The zero-order chi connectivity index (χ0) is 10.7. The Hall–Kier alpha value is -1.63. The van der Waals surface area contributed by atoms with Crippen LogP contribution in [0.4, 0.5) is 5.69 Å². The van der Waals surface area contributed by atoms with Gasteiger partial charge in [0.15, 0.2) is 10.8 Å². The van der Waals surface area contributed by atoms with Crippen molar-refractivity contribution < 1.29 is 4.79 Å². The molecule has 76 valence electrons. The Morgan fingerprint density at radius 1 is 1.71 bits per heavy atom. The van der Waals surface area contributed by atoms with Crippen molar-refractivity contribution in [1.82, 2.24) is 15.1 Å². The van der Waals surface area contributed by atoms with Crippen molar-refractivity contribution in [1.29, 1.82) is 0 Å². The second kappa shape index (κ2) is 4.05. The molecule has 1 aromatic rings. The molecule has 0 atom stereocenters. The van der Waals surface area contributed by atoms with Crippen molar-refractivity contribution in [2.24, 2.45) is 12.8 Å². The number of anilines is 1. The van der Waals surface area contributed by atoms with Crippen LogP contribution in [0.2, 0.25) is 0 Å². The number of carbonyl (C=O) groups excluding carboxylic acids is 1. The van der Waals surface area contributed by atoms with Crippen molar-refractivity contribution in [2.45, 2.75) is 0 Å². The molecular formula is C7H11N5OS. The van der Waals surface area contributed by atoms with E-state index in [1.54, 1.807) is 20.3 Å². The molecule has 0 unspecified atom stereocenters. The topological polar surface area (TPSA) is 85.0 Å². The van der Waals surface area contributed by atoms with Crippen molar-refractivity contribution in [2.75, 3.05) is 12.4 Å². The number of thiocarbonyl (C=S) groups is 1. The van der Waals surface area contributed by atoms with Gasteiger partial charge in [0.05, 0.1) is 5.69 Å². The minimum Gasteiger partial charge on any atom is -0.366 e. The monoisotopic (exact) mass is 213 g/mol. The first-order chi connectivity index (χ1) is 6.54. The van der Waals surface area contributed by atoms with E-state index in [4.69, 9.17) is 18.0 Å². The quantitative estimate of drug-likeness (QED) is 0.573. The Kier molecular flexibility index (Phi) is 3.03. The van der Waals surface area contributed by atoms with Crippen LogP contribution in [0.5, 0.6) is 0 Å². The van der Waals surface area contributed by atoms with Gasteiger partial charge in [-0.2, -0.15) is 5.10 Å². The zero-order valence-electron chi connectivity index (χ0n) is 7.87. The molecule has 6 nitrogen and oxygen atoms in total. The van der Waals surface area contributed by atoms with Crippen LogP contribution in [0.1, 0.15) is 10.5 Å². The minimum atomic E-state index is -0.591. The summed E-state index contributed by atoms with van der Waals surface area (Å²) < 4.78 is 1.49. The number of nitrogens with zero attached hydrogens (tertiary/aromatic N) is 2. The third kappa shape index (κ3) is 2.19. The van der Waals surface area contributed by atoms with Gasteiger partial charge in [-0.3, -0.25) is 9.48 Å². The van der Waals surface area contributed by atoms with E-state index in [0.717, 1.165) is 0 Å². The number of aryl methyl sites for hydroxylation is 1.